The summed E-state index contributed by atoms with van der Waals surface area (Å²) >= 11 is 3.58. The summed E-state index contributed by atoms with van der Waals surface area (Å²) in [5.74, 6) is 3.36. The van der Waals surface area contributed by atoms with E-state index in [0.717, 1.165) is 39.6 Å². The molecule has 4 nitrogen and oxygen atoms in total. The van der Waals surface area contributed by atoms with Gasteiger partial charge in [0.25, 0.3) is 0 Å². The first-order chi connectivity index (χ1) is 12.9. The Kier molecular flexibility index (Phi) is 5.12. The van der Waals surface area contributed by atoms with Crippen molar-refractivity contribution in [3.63, 3.8) is 0 Å². The Morgan fingerprint density at radius 1 is 1.00 bits per heavy atom. The molecule has 5 unspecified atom stereocenters. The van der Waals surface area contributed by atoms with Crippen LogP contribution in [0.5, 0.6) is 11.5 Å². The summed E-state index contributed by atoms with van der Waals surface area (Å²) in [6, 6.07) is 6.14. The van der Waals surface area contributed by atoms with Crippen molar-refractivity contribution >= 4 is 26.7 Å². The zero-order valence-electron chi connectivity index (χ0n) is 16.0. The van der Waals surface area contributed by atoms with E-state index in [1.165, 1.54) is 11.1 Å². The lowest BCUT2D eigenvalue weighted by Gasteiger charge is -2.28. The van der Waals surface area contributed by atoms with Gasteiger partial charge >= 0.3 is 0 Å². The van der Waals surface area contributed by atoms with Gasteiger partial charge in [-0.2, -0.15) is 0 Å². The van der Waals surface area contributed by atoms with Gasteiger partial charge in [-0.25, -0.2) is 0 Å². The molecule has 2 aromatic rings. The van der Waals surface area contributed by atoms with E-state index in [1.54, 1.807) is 13.8 Å². The molecular weight excluding hydrogens is 408 g/mol. The van der Waals surface area contributed by atoms with Crippen molar-refractivity contribution in [3.05, 3.63) is 33.8 Å². The Bertz CT molecular complexity index is 861. The van der Waals surface area contributed by atoms with Crippen molar-refractivity contribution in [1.29, 1.82) is 0 Å². The molecule has 2 aliphatic carbocycles. The van der Waals surface area contributed by atoms with Gasteiger partial charge in [0.15, 0.2) is 0 Å². The minimum absolute atomic E-state index is 0.273. The lowest BCUT2D eigenvalue weighted by atomic mass is 9.82. The van der Waals surface area contributed by atoms with E-state index >= 15 is 0 Å². The maximum atomic E-state index is 9.78. The van der Waals surface area contributed by atoms with Crippen molar-refractivity contribution in [2.75, 3.05) is 13.2 Å². The second-order valence-corrected chi connectivity index (χ2v) is 9.16. The average Bonchev–Trinajstić information content (AvgIpc) is 3.15. The summed E-state index contributed by atoms with van der Waals surface area (Å²) in [5, 5.41) is 21.6. The van der Waals surface area contributed by atoms with E-state index < -0.39 is 12.2 Å². The topological polar surface area (TPSA) is 58.9 Å². The van der Waals surface area contributed by atoms with Gasteiger partial charge in [-0.15, -0.1) is 0 Å². The summed E-state index contributed by atoms with van der Waals surface area (Å²) in [5.41, 5.74) is 2.51. The number of fused-ring (bicyclic) bond motifs is 6. The Morgan fingerprint density at radius 3 is 2.26 bits per heavy atom. The Balaban J connectivity index is 1.95. The fourth-order valence-corrected chi connectivity index (χ4v) is 5.18. The van der Waals surface area contributed by atoms with Crippen LogP contribution in [0.15, 0.2) is 22.7 Å². The molecule has 0 spiro atoms. The largest absolute Gasteiger partial charge is 0.490 e. The highest BCUT2D eigenvalue weighted by molar-refractivity contribution is 9.10. The van der Waals surface area contributed by atoms with Crippen LogP contribution in [0.1, 0.15) is 56.6 Å². The van der Waals surface area contributed by atoms with Gasteiger partial charge in [-0.05, 0) is 62.6 Å². The van der Waals surface area contributed by atoms with Gasteiger partial charge in [-0.1, -0.05) is 22.9 Å². The van der Waals surface area contributed by atoms with E-state index in [1.807, 2.05) is 6.07 Å². The lowest BCUT2D eigenvalue weighted by Crippen LogP contribution is -2.18. The monoisotopic (exact) mass is 434 g/mol. The standard InChI is InChI=1S/C22H27BrO4/c1-11-6-14-7-17(11)20-19(14)22(27-10-13(3)25)18-8-15(23)4-5-16(18)21(20)26-9-12(2)24/h4-5,8,11-14,17,24-25H,6-7,9-10H2,1-3H3. The van der Waals surface area contributed by atoms with Gasteiger partial charge in [0.2, 0.25) is 0 Å². The van der Waals surface area contributed by atoms with Crippen LogP contribution < -0.4 is 9.47 Å². The van der Waals surface area contributed by atoms with Crippen LogP contribution in [-0.4, -0.2) is 35.6 Å². The summed E-state index contributed by atoms with van der Waals surface area (Å²) in [6.07, 6.45) is 1.25. The van der Waals surface area contributed by atoms with Crippen molar-refractivity contribution in [2.24, 2.45) is 5.92 Å². The van der Waals surface area contributed by atoms with Crippen LogP contribution in [0, 0.1) is 5.92 Å². The predicted octanol–water partition coefficient (Wildman–Crippen LogP) is 4.73. The first-order valence-electron chi connectivity index (χ1n) is 9.77. The smallest absolute Gasteiger partial charge is 0.131 e. The molecule has 2 N–H and O–H groups in total. The first kappa shape index (κ1) is 19.0. The zero-order chi connectivity index (χ0) is 19.3. The average molecular weight is 435 g/mol. The first-order valence-corrected chi connectivity index (χ1v) is 10.6. The fourth-order valence-electron chi connectivity index (χ4n) is 4.82. The van der Waals surface area contributed by atoms with Crippen molar-refractivity contribution in [3.8, 4) is 11.5 Å². The quantitative estimate of drug-likeness (QED) is 0.689. The van der Waals surface area contributed by atoms with Gasteiger partial charge in [-0.3, -0.25) is 0 Å². The molecule has 2 aliphatic rings. The minimum atomic E-state index is -0.522. The molecule has 146 valence electrons. The number of benzene rings is 2. The maximum absolute atomic E-state index is 9.78. The van der Waals surface area contributed by atoms with E-state index in [9.17, 15) is 10.2 Å². The molecule has 5 heteroatoms. The third-order valence-corrected chi connectivity index (χ3v) is 6.34. The Hall–Kier alpha value is -1.30. The maximum Gasteiger partial charge on any atom is 0.131 e. The van der Waals surface area contributed by atoms with Crippen LogP contribution >= 0.6 is 15.9 Å². The third kappa shape index (κ3) is 3.34. The highest BCUT2D eigenvalue weighted by atomic mass is 79.9. The lowest BCUT2D eigenvalue weighted by molar-refractivity contribution is 0.120. The van der Waals surface area contributed by atoms with E-state index in [0.29, 0.717) is 17.8 Å². The Morgan fingerprint density at radius 2 is 1.63 bits per heavy atom. The second-order valence-electron chi connectivity index (χ2n) is 8.25. The second kappa shape index (κ2) is 7.26. The van der Waals surface area contributed by atoms with Crippen LogP contribution in [-0.2, 0) is 0 Å². The number of hydrogen-bond donors (Lipinski definition) is 2. The molecular formula is C22H27BrO4. The van der Waals surface area contributed by atoms with Gasteiger partial charge in [0.1, 0.15) is 24.7 Å². The van der Waals surface area contributed by atoms with E-state index in [2.05, 4.69) is 35.0 Å². The normalized spacial score (nSPS) is 25.5. The molecule has 2 bridgehead atoms. The van der Waals surface area contributed by atoms with Crippen LogP contribution in [0.4, 0.5) is 0 Å². The molecule has 2 aromatic carbocycles. The highest BCUT2D eigenvalue weighted by Crippen LogP contribution is 2.63. The molecule has 1 saturated carbocycles. The number of hydrogen-bond acceptors (Lipinski definition) is 4. The summed E-state index contributed by atoms with van der Waals surface area (Å²) in [7, 11) is 0. The van der Waals surface area contributed by atoms with Crippen molar-refractivity contribution in [2.45, 2.75) is 57.7 Å². The number of rotatable bonds is 6. The molecule has 1 fully saturated rings. The number of ether oxygens (including phenoxy) is 2. The van der Waals surface area contributed by atoms with Crippen LogP contribution in [0.3, 0.4) is 0 Å². The number of aliphatic hydroxyl groups is 2. The van der Waals surface area contributed by atoms with Gasteiger partial charge in [0, 0.05) is 26.4 Å². The molecule has 0 amide bonds. The molecule has 0 radical (unpaired) electrons. The molecule has 0 aliphatic heterocycles. The SMILES string of the molecule is CC(O)COc1c2c(c(OCC(C)O)c3ccc(Br)cc13)C1CC2CC1C. The molecule has 0 saturated heterocycles. The van der Waals surface area contributed by atoms with Gasteiger partial charge < -0.3 is 19.7 Å². The summed E-state index contributed by atoms with van der Waals surface area (Å²) in [6.45, 7) is 6.35. The van der Waals surface area contributed by atoms with Crippen molar-refractivity contribution < 1.29 is 19.7 Å². The predicted molar refractivity (Wildman–Crippen MR) is 110 cm³/mol. The van der Waals surface area contributed by atoms with Gasteiger partial charge in [0.05, 0.1) is 12.2 Å². The van der Waals surface area contributed by atoms with E-state index in [4.69, 9.17) is 9.47 Å². The number of aliphatic hydroxyl groups excluding tert-OH is 2. The highest BCUT2D eigenvalue weighted by Gasteiger charge is 2.46. The van der Waals surface area contributed by atoms with E-state index in [-0.39, 0.29) is 13.2 Å². The fraction of sp³-hybridized carbons (Fsp3) is 0.545. The molecule has 4 rings (SSSR count). The number of halogens is 1. The Labute approximate surface area is 168 Å². The minimum Gasteiger partial charge on any atom is -0.490 e. The summed E-state index contributed by atoms with van der Waals surface area (Å²) in [4.78, 5) is 0. The van der Waals surface area contributed by atoms with Crippen LogP contribution in [0.2, 0.25) is 0 Å². The van der Waals surface area contributed by atoms with Crippen LogP contribution in [0.25, 0.3) is 10.8 Å². The third-order valence-electron chi connectivity index (χ3n) is 5.85. The van der Waals surface area contributed by atoms with Crippen molar-refractivity contribution in [1.82, 2.24) is 0 Å². The zero-order valence-corrected chi connectivity index (χ0v) is 17.6. The molecule has 0 aromatic heterocycles. The molecule has 27 heavy (non-hydrogen) atoms. The molecule has 5 atom stereocenters. The summed E-state index contributed by atoms with van der Waals surface area (Å²) < 4.78 is 13.3. The molecule has 0 heterocycles.